The molecule has 2 heteroatoms. The van der Waals surface area contributed by atoms with E-state index < -0.39 is 0 Å². The predicted octanol–water partition coefficient (Wildman–Crippen LogP) is 14.6. The zero-order chi connectivity index (χ0) is 36.4. The van der Waals surface area contributed by atoms with Gasteiger partial charge in [-0.05, 0) is 106 Å². The summed E-state index contributed by atoms with van der Waals surface area (Å²) in [4.78, 5) is 4.62. The van der Waals surface area contributed by atoms with Crippen LogP contribution < -0.4 is 9.80 Å². The summed E-state index contributed by atoms with van der Waals surface area (Å²) in [6.45, 7) is 0. The Hall–Kier alpha value is -7.16. The van der Waals surface area contributed by atoms with Crippen molar-refractivity contribution in [2.24, 2.45) is 0 Å². The minimum atomic E-state index is 1.10. The molecule has 258 valence electrons. The van der Waals surface area contributed by atoms with E-state index in [4.69, 9.17) is 0 Å². The van der Waals surface area contributed by atoms with Gasteiger partial charge >= 0.3 is 0 Å². The number of hydrogen-bond acceptors (Lipinski definition) is 2. The summed E-state index contributed by atoms with van der Waals surface area (Å²) in [6.07, 6.45) is 8.64. The van der Waals surface area contributed by atoms with Gasteiger partial charge in [-0.15, -0.1) is 0 Å². The summed E-state index contributed by atoms with van der Waals surface area (Å²) in [5.41, 5.74) is 13.6. The Morgan fingerprint density at radius 3 is 0.963 bits per heavy atom. The van der Waals surface area contributed by atoms with E-state index in [9.17, 15) is 0 Å². The maximum absolute atomic E-state index is 2.31. The van der Waals surface area contributed by atoms with Crippen molar-refractivity contribution in [1.82, 2.24) is 0 Å². The monoisotopic (exact) mass is 692 g/mol. The number of benzene rings is 8. The van der Waals surface area contributed by atoms with Crippen LogP contribution in [-0.2, 0) is 0 Å². The SMILES string of the molecule is C(=C\c1ccc(N(c2ccccc2)c2ccc(-c3ccc(N(c4ccccc4)c4cccc(/C=C/c5ccccc5)c4)cc3)cc2)cc1)/c1ccccc1. The van der Waals surface area contributed by atoms with Crippen LogP contribution in [0.2, 0.25) is 0 Å². The molecule has 8 rings (SSSR count). The standard InChI is InChI=1S/C52H40N2/c1-5-14-41(15-6-1)24-25-43-28-34-49(35-29-43)53(47-19-9-3-10-20-47)50-36-30-45(31-37-50)46-32-38-51(39-33-46)54(48-21-11-4-12-22-48)52-23-13-18-44(40-52)27-26-42-16-7-2-8-17-42/h1-40H/b25-24+,27-26+. The third-order valence-corrected chi connectivity index (χ3v) is 9.43. The zero-order valence-electron chi connectivity index (χ0n) is 30.0. The molecule has 0 bridgehead atoms. The van der Waals surface area contributed by atoms with Crippen LogP contribution in [0.1, 0.15) is 22.3 Å². The van der Waals surface area contributed by atoms with E-state index in [1.807, 2.05) is 12.1 Å². The molecule has 0 heterocycles. The van der Waals surface area contributed by atoms with Crippen molar-refractivity contribution in [3.05, 3.63) is 241 Å². The fourth-order valence-corrected chi connectivity index (χ4v) is 6.67. The topological polar surface area (TPSA) is 6.48 Å². The first-order valence-electron chi connectivity index (χ1n) is 18.3. The van der Waals surface area contributed by atoms with Gasteiger partial charge in [0.25, 0.3) is 0 Å². The molecule has 8 aromatic carbocycles. The van der Waals surface area contributed by atoms with Crippen LogP contribution in [0.3, 0.4) is 0 Å². The third-order valence-electron chi connectivity index (χ3n) is 9.43. The second kappa shape index (κ2) is 16.5. The summed E-state index contributed by atoms with van der Waals surface area (Å²) in [5, 5.41) is 0. The van der Waals surface area contributed by atoms with Crippen LogP contribution in [0.4, 0.5) is 34.1 Å². The zero-order valence-corrected chi connectivity index (χ0v) is 30.0. The Labute approximate surface area is 318 Å². The molecule has 0 aliphatic rings. The Morgan fingerprint density at radius 1 is 0.222 bits per heavy atom. The molecule has 0 aliphatic carbocycles. The lowest BCUT2D eigenvalue weighted by Gasteiger charge is -2.26. The van der Waals surface area contributed by atoms with E-state index in [1.165, 1.54) is 22.3 Å². The molecule has 0 saturated heterocycles. The minimum Gasteiger partial charge on any atom is -0.311 e. The molecular formula is C52H40N2. The van der Waals surface area contributed by atoms with Crippen LogP contribution in [0.5, 0.6) is 0 Å². The van der Waals surface area contributed by atoms with E-state index in [0.717, 1.165) is 45.3 Å². The van der Waals surface area contributed by atoms with Gasteiger partial charge in [0, 0.05) is 34.1 Å². The predicted molar refractivity (Wildman–Crippen MR) is 232 cm³/mol. The Balaban J connectivity index is 1.05. The maximum atomic E-state index is 2.31. The number of hydrogen-bond donors (Lipinski definition) is 0. The molecule has 0 fully saturated rings. The molecule has 0 unspecified atom stereocenters. The smallest absolute Gasteiger partial charge is 0.0467 e. The second-order valence-electron chi connectivity index (χ2n) is 13.1. The number of para-hydroxylation sites is 2. The van der Waals surface area contributed by atoms with Crippen molar-refractivity contribution in [3.8, 4) is 11.1 Å². The van der Waals surface area contributed by atoms with Crippen molar-refractivity contribution in [3.63, 3.8) is 0 Å². The Bertz CT molecular complexity index is 2440. The van der Waals surface area contributed by atoms with Crippen molar-refractivity contribution in [1.29, 1.82) is 0 Å². The highest BCUT2D eigenvalue weighted by atomic mass is 15.1. The molecule has 0 N–H and O–H groups in total. The van der Waals surface area contributed by atoms with E-state index in [1.54, 1.807) is 0 Å². The molecule has 0 aliphatic heterocycles. The van der Waals surface area contributed by atoms with Crippen molar-refractivity contribution >= 4 is 58.4 Å². The largest absolute Gasteiger partial charge is 0.311 e. The van der Waals surface area contributed by atoms with E-state index in [2.05, 4.69) is 240 Å². The molecular weight excluding hydrogens is 653 g/mol. The lowest BCUT2D eigenvalue weighted by Crippen LogP contribution is -2.10. The molecule has 0 radical (unpaired) electrons. The molecule has 0 aromatic heterocycles. The van der Waals surface area contributed by atoms with Gasteiger partial charge in [-0.25, -0.2) is 0 Å². The second-order valence-corrected chi connectivity index (χ2v) is 13.1. The van der Waals surface area contributed by atoms with Gasteiger partial charge in [0.05, 0.1) is 0 Å². The number of rotatable bonds is 11. The lowest BCUT2D eigenvalue weighted by molar-refractivity contribution is 1.28. The molecule has 0 spiro atoms. The minimum absolute atomic E-state index is 1.10. The van der Waals surface area contributed by atoms with Crippen LogP contribution >= 0.6 is 0 Å². The van der Waals surface area contributed by atoms with Gasteiger partial charge in [0.1, 0.15) is 0 Å². The quantitative estimate of drug-likeness (QED) is 0.125. The van der Waals surface area contributed by atoms with Crippen molar-refractivity contribution < 1.29 is 0 Å². The average Bonchev–Trinajstić information content (AvgIpc) is 3.25. The highest BCUT2D eigenvalue weighted by Gasteiger charge is 2.15. The maximum Gasteiger partial charge on any atom is 0.0467 e. The van der Waals surface area contributed by atoms with Crippen LogP contribution in [0.15, 0.2) is 218 Å². The number of nitrogens with zero attached hydrogens (tertiary/aromatic N) is 2. The first-order chi connectivity index (χ1) is 26.8. The molecule has 8 aromatic rings. The molecule has 2 nitrogen and oxygen atoms in total. The van der Waals surface area contributed by atoms with Crippen LogP contribution in [0, 0.1) is 0 Å². The van der Waals surface area contributed by atoms with E-state index >= 15 is 0 Å². The van der Waals surface area contributed by atoms with Gasteiger partial charge in [-0.3, -0.25) is 0 Å². The summed E-state index contributed by atoms with van der Waals surface area (Å²) in [5.74, 6) is 0. The molecule has 0 atom stereocenters. The van der Waals surface area contributed by atoms with Crippen LogP contribution in [-0.4, -0.2) is 0 Å². The molecule has 0 amide bonds. The Morgan fingerprint density at radius 2 is 0.519 bits per heavy atom. The van der Waals surface area contributed by atoms with Crippen LogP contribution in [0.25, 0.3) is 35.4 Å². The fourth-order valence-electron chi connectivity index (χ4n) is 6.67. The summed E-state index contributed by atoms with van der Waals surface area (Å²) < 4.78 is 0. The van der Waals surface area contributed by atoms with Gasteiger partial charge in [0.2, 0.25) is 0 Å². The number of anilines is 6. The van der Waals surface area contributed by atoms with Gasteiger partial charge < -0.3 is 9.80 Å². The average molecular weight is 693 g/mol. The van der Waals surface area contributed by atoms with Gasteiger partial charge in [-0.1, -0.05) is 170 Å². The van der Waals surface area contributed by atoms with Crippen molar-refractivity contribution in [2.45, 2.75) is 0 Å². The lowest BCUT2D eigenvalue weighted by atomic mass is 10.0. The highest BCUT2D eigenvalue weighted by molar-refractivity contribution is 5.82. The molecule has 54 heavy (non-hydrogen) atoms. The fraction of sp³-hybridized carbons (Fsp3) is 0. The Kier molecular flexibility index (Phi) is 10.3. The normalized spacial score (nSPS) is 11.2. The first-order valence-corrected chi connectivity index (χ1v) is 18.3. The summed E-state index contributed by atoms with van der Waals surface area (Å²) in [7, 11) is 0. The summed E-state index contributed by atoms with van der Waals surface area (Å²) >= 11 is 0. The third kappa shape index (κ3) is 8.15. The van der Waals surface area contributed by atoms with E-state index in [-0.39, 0.29) is 0 Å². The van der Waals surface area contributed by atoms with E-state index in [0.29, 0.717) is 0 Å². The van der Waals surface area contributed by atoms with Crippen molar-refractivity contribution in [2.75, 3.05) is 9.80 Å². The highest BCUT2D eigenvalue weighted by Crippen LogP contribution is 2.38. The molecule has 0 saturated carbocycles. The summed E-state index contributed by atoms with van der Waals surface area (Å²) in [6, 6.07) is 77.1. The van der Waals surface area contributed by atoms with Gasteiger partial charge in [-0.2, -0.15) is 0 Å². The first kappa shape index (κ1) is 34.0. The van der Waals surface area contributed by atoms with Gasteiger partial charge in [0.15, 0.2) is 0 Å².